The Morgan fingerprint density at radius 2 is 1.61 bits per heavy atom. The first-order valence-electron chi connectivity index (χ1n) is 15.7. The fourth-order valence-electron chi connectivity index (χ4n) is 11.3. The van der Waals surface area contributed by atoms with Crippen LogP contribution in [0.5, 0.6) is 0 Å². The highest BCUT2D eigenvalue weighted by atomic mass is 16.5. The van der Waals surface area contributed by atoms with E-state index in [1.54, 1.807) is 6.92 Å². The van der Waals surface area contributed by atoms with E-state index in [1.807, 2.05) is 0 Å². The molecule has 0 amide bonds. The van der Waals surface area contributed by atoms with Crippen molar-refractivity contribution in [3.05, 3.63) is 11.8 Å². The molecule has 0 aliphatic heterocycles. The molecule has 0 aromatic carbocycles. The molecule has 4 heteroatoms. The summed E-state index contributed by atoms with van der Waals surface area (Å²) in [7, 11) is 0. The summed E-state index contributed by atoms with van der Waals surface area (Å²) in [5, 5.41) is 0. The summed E-state index contributed by atoms with van der Waals surface area (Å²) in [4.78, 5) is 24.5. The van der Waals surface area contributed by atoms with Crippen LogP contribution in [0, 0.1) is 56.7 Å². The molecule has 4 saturated carbocycles. The summed E-state index contributed by atoms with van der Waals surface area (Å²) in [6.45, 7) is 20.0. The largest absolute Gasteiger partial charge is 0.462 e. The predicted octanol–water partition coefficient (Wildman–Crippen LogP) is 8.49. The first-order chi connectivity index (χ1) is 17.6. The second-order valence-corrected chi connectivity index (χ2v) is 15.8. The molecule has 214 valence electrons. The quantitative estimate of drug-likeness (QED) is 0.312. The number of hydrogen-bond acceptors (Lipinski definition) is 4. The normalized spacial score (nSPS) is 45.2. The van der Waals surface area contributed by atoms with Crippen molar-refractivity contribution < 1.29 is 19.1 Å². The van der Waals surface area contributed by atoms with E-state index in [1.165, 1.54) is 58.3 Å². The second-order valence-electron chi connectivity index (χ2n) is 15.8. The molecule has 4 nitrogen and oxygen atoms in total. The van der Waals surface area contributed by atoms with E-state index in [9.17, 15) is 9.59 Å². The summed E-state index contributed by atoms with van der Waals surface area (Å²) in [6, 6.07) is 0. The Balaban J connectivity index is 1.52. The van der Waals surface area contributed by atoms with Crippen molar-refractivity contribution in [2.45, 2.75) is 133 Å². The molecule has 5 aliphatic rings. The van der Waals surface area contributed by atoms with E-state index in [0.717, 1.165) is 36.4 Å². The second kappa shape index (κ2) is 9.10. The third-order valence-electron chi connectivity index (χ3n) is 13.3. The van der Waals surface area contributed by atoms with E-state index in [-0.39, 0.29) is 51.0 Å². The van der Waals surface area contributed by atoms with Gasteiger partial charge in [-0.2, -0.15) is 0 Å². The van der Waals surface area contributed by atoms with E-state index < -0.39 is 0 Å². The maximum atomic E-state index is 12.5. The van der Waals surface area contributed by atoms with E-state index in [2.05, 4.69) is 54.5 Å². The van der Waals surface area contributed by atoms with Crippen molar-refractivity contribution in [2.24, 2.45) is 56.7 Å². The lowest BCUT2D eigenvalue weighted by Gasteiger charge is -2.62. The zero-order valence-corrected chi connectivity index (χ0v) is 25.7. The summed E-state index contributed by atoms with van der Waals surface area (Å²) in [6.07, 6.45) is 14.6. The van der Waals surface area contributed by atoms with Crippen LogP contribution in [0.25, 0.3) is 0 Å². The number of ether oxygens (including phenoxy) is 2. The van der Waals surface area contributed by atoms with Gasteiger partial charge >= 0.3 is 11.9 Å². The molecule has 9 atom stereocenters. The number of allylic oxidation sites excluding steroid dienone is 2. The van der Waals surface area contributed by atoms with Crippen LogP contribution in [-0.4, -0.2) is 18.0 Å². The van der Waals surface area contributed by atoms with E-state index >= 15 is 0 Å². The summed E-state index contributed by atoms with van der Waals surface area (Å²) >= 11 is 0. The van der Waals surface area contributed by atoms with Gasteiger partial charge in [0, 0.05) is 25.2 Å². The van der Waals surface area contributed by atoms with Crippen molar-refractivity contribution >= 4 is 11.9 Å². The number of rotatable bonds is 7. The van der Waals surface area contributed by atoms with Crippen LogP contribution in [0.1, 0.15) is 127 Å². The highest BCUT2D eigenvalue weighted by Crippen LogP contribution is 2.89. The minimum absolute atomic E-state index is 0.0911. The maximum absolute atomic E-state index is 12.5. The van der Waals surface area contributed by atoms with Gasteiger partial charge in [0.1, 0.15) is 11.9 Å². The Hall–Kier alpha value is -1.32. The molecule has 0 radical (unpaired) electrons. The molecule has 0 saturated heterocycles. The van der Waals surface area contributed by atoms with Crippen LogP contribution in [0.15, 0.2) is 11.8 Å². The molecule has 0 aromatic rings. The molecule has 0 N–H and O–H groups in total. The van der Waals surface area contributed by atoms with Gasteiger partial charge in [-0.1, -0.05) is 67.7 Å². The molecule has 2 spiro atoms. The lowest BCUT2D eigenvalue weighted by Crippen LogP contribution is -2.58. The molecular weight excluding hydrogens is 472 g/mol. The Morgan fingerprint density at radius 3 is 2.24 bits per heavy atom. The molecule has 4 fully saturated rings. The third-order valence-corrected chi connectivity index (χ3v) is 13.3. The van der Waals surface area contributed by atoms with Gasteiger partial charge in [0.25, 0.3) is 0 Å². The number of carbonyl (C=O) groups is 2. The van der Waals surface area contributed by atoms with Gasteiger partial charge in [-0.15, -0.1) is 0 Å². The molecule has 0 aromatic heterocycles. The van der Waals surface area contributed by atoms with Gasteiger partial charge in [-0.05, 0) is 96.4 Å². The first-order valence-corrected chi connectivity index (χ1v) is 15.7. The van der Waals surface area contributed by atoms with Crippen LogP contribution < -0.4 is 0 Å². The lowest BCUT2D eigenvalue weighted by molar-refractivity contribution is -0.170. The fourth-order valence-corrected chi connectivity index (χ4v) is 11.3. The van der Waals surface area contributed by atoms with Crippen molar-refractivity contribution in [1.82, 2.24) is 0 Å². The van der Waals surface area contributed by atoms with Crippen LogP contribution in [0.2, 0.25) is 0 Å². The van der Waals surface area contributed by atoms with Crippen LogP contribution in [0.3, 0.4) is 0 Å². The van der Waals surface area contributed by atoms with Gasteiger partial charge in [-0.25, -0.2) is 0 Å². The minimum Gasteiger partial charge on any atom is -0.462 e. The van der Waals surface area contributed by atoms with Crippen molar-refractivity contribution in [2.75, 3.05) is 0 Å². The maximum Gasteiger partial charge on any atom is 0.307 e. The minimum atomic E-state index is -0.197. The monoisotopic (exact) mass is 526 g/mol. The fraction of sp³-hybridized carbons (Fsp3) is 0.882. The smallest absolute Gasteiger partial charge is 0.307 e. The average molecular weight is 527 g/mol. The molecule has 0 heterocycles. The molecule has 5 aliphatic carbocycles. The Kier molecular flexibility index (Phi) is 6.76. The molecular formula is C34H54O4. The van der Waals surface area contributed by atoms with E-state index in [0.29, 0.717) is 5.92 Å². The topological polar surface area (TPSA) is 52.6 Å². The van der Waals surface area contributed by atoms with E-state index in [4.69, 9.17) is 9.47 Å². The average Bonchev–Trinajstić information content (AvgIpc) is 3.36. The standard InChI is InChI=1S/C34H54O4/c1-21(2)11-10-12-22(3)25-13-15-32(9)29-26(37-23(4)35)19-27-30(6,7)28(38-24(5)36)14-16-33(27)20-34(29,33)18-17-31(25,32)8/h19,21-22,25,27-29H,10-18,20H2,1-9H3. The number of hydrogen-bond donors (Lipinski definition) is 0. The van der Waals surface area contributed by atoms with Gasteiger partial charge < -0.3 is 9.47 Å². The summed E-state index contributed by atoms with van der Waals surface area (Å²) in [5.41, 5.74) is 0.663. The zero-order chi connectivity index (χ0) is 27.9. The molecule has 5 rings (SSSR count). The Labute approximate surface area is 232 Å². The highest BCUT2D eigenvalue weighted by Gasteiger charge is 2.83. The predicted molar refractivity (Wildman–Crippen MR) is 151 cm³/mol. The van der Waals surface area contributed by atoms with Crippen molar-refractivity contribution in [3.63, 3.8) is 0 Å². The van der Waals surface area contributed by atoms with Crippen LogP contribution in [0.4, 0.5) is 0 Å². The Morgan fingerprint density at radius 1 is 0.895 bits per heavy atom. The van der Waals surface area contributed by atoms with Gasteiger partial charge in [0.05, 0.1) is 0 Å². The first kappa shape index (κ1) is 28.2. The van der Waals surface area contributed by atoms with Gasteiger partial charge in [0.2, 0.25) is 0 Å². The number of esters is 2. The molecule has 0 bridgehead atoms. The SMILES string of the molecule is CC(=O)OC1=CC2C(C)(C)C(OC(C)=O)CCC23CC32CCC3(C)C(C(C)CCCC(C)C)CCC3(C)C12. The Bertz CT molecular complexity index is 1010. The van der Waals surface area contributed by atoms with Crippen LogP contribution >= 0.6 is 0 Å². The summed E-state index contributed by atoms with van der Waals surface area (Å²) in [5.74, 6) is 3.38. The lowest BCUT2D eigenvalue weighted by atomic mass is 9.43. The molecule has 9 unspecified atom stereocenters. The zero-order valence-electron chi connectivity index (χ0n) is 25.7. The van der Waals surface area contributed by atoms with Gasteiger partial charge in [-0.3, -0.25) is 9.59 Å². The number of fused-ring (bicyclic) bond motifs is 2. The van der Waals surface area contributed by atoms with Gasteiger partial charge in [0.15, 0.2) is 0 Å². The summed E-state index contributed by atoms with van der Waals surface area (Å²) < 4.78 is 12.1. The molecule has 38 heavy (non-hydrogen) atoms. The number of carbonyl (C=O) groups excluding carboxylic acids is 2. The van der Waals surface area contributed by atoms with Crippen molar-refractivity contribution in [3.8, 4) is 0 Å². The highest BCUT2D eigenvalue weighted by molar-refractivity contribution is 5.68. The van der Waals surface area contributed by atoms with Crippen molar-refractivity contribution in [1.29, 1.82) is 0 Å². The van der Waals surface area contributed by atoms with Crippen LogP contribution in [-0.2, 0) is 19.1 Å². The third kappa shape index (κ3) is 3.80.